The van der Waals surface area contributed by atoms with Gasteiger partial charge in [-0.1, -0.05) is 29.3 Å². The Morgan fingerprint density at radius 1 is 1.14 bits per heavy atom. The van der Waals surface area contributed by atoms with Gasteiger partial charge in [0.1, 0.15) is 5.75 Å². The molecule has 0 aliphatic rings. The Morgan fingerprint density at radius 2 is 1.86 bits per heavy atom. The normalized spacial score (nSPS) is 11.9. The summed E-state index contributed by atoms with van der Waals surface area (Å²) in [6.45, 7) is 0. The Kier molecular flexibility index (Phi) is 4.83. The number of nitrogens with zero attached hydrogens (tertiary/aromatic N) is 1. The van der Waals surface area contributed by atoms with Crippen molar-refractivity contribution in [2.75, 3.05) is 5.43 Å². The number of hydrazone groups is 1. The van der Waals surface area contributed by atoms with Crippen LogP contribution >= 0.6 is 23.2 Å². The second kappa shape index (κ2) is 6.46. The minimum Gasteiger partial charge on any atom is -0.506 e. The minimum atomic E-state index is -4.43. The highest BCUT2D eigenvalue weighted by Gasteiger charge is 2.30. The molecule has 0 aliphatic carbocycles. The summed E-state index contributed by atoms with van der Waals surface area (Å²) in [5.74, 6) is -0.222. The van der Waals surface area contributed by atoms with Crippen LogP contribution in [-0.2, 0) is 6.18 Å². The maximum Gasteiger partial charge on any atom is 0.416 e. The molecule has 22 heavy (non-hydrogen) atoms. The number of hydrogen-bond donors (Lipinski definition) is 2. The van der Waals surface area contributed by atoms with E-state index >= 15 is 0 Å². The van der Waals surface area contributed by atoms with E-state index < -0.39 is 11.7 Å². The fourth-order valence-corrected chi connectivity index (χ4v) is 2.13. The van der Waals surface area contributed by atoms with Crippen molar-refractivity contribution in [2.45, 2.75) is 6.18 Å². The van der Waals surface area contributed by atoms with E-state index in [1.54, 1.807) is 0 Å². The molecule has 116 valence electrons. The molecule has 2 N–H and O–H groups in total. The molecule has 0 aliphatic heterocycles. The van der Waals surface area contributed by atoms with E-state index in [9.17, 15) is 18.3 Å². The zero-order valence-corrected chi connectivity index (χ0v) is 12.3. The smallest absolute Gasteiger partial charge is 0.416 e. The zero-order chi connectivity index (χ0) is 16.3. The van der Waals surface area contributed by atoms with Crippen molar-refractivity contribution < 1.29 is 18.3 Å². The van der Waals surface area contributed by atoms with Gasteiger partial charge in [0, 0.05) is 10.6 Å². The van der Waals surface area contributed by atoms with Crippen molar-refractivity contribution in [3.05, 3.63) is 57.6 Å². The van der Waals surface area contributed by atoms with Crippen LogP contribution in [0.2, 0.25) is 10.0 Å². The third-order valence-corrected chi connectivity index (χ3v) is 3.15. The lowest BCUT2D eigenvalue weighted by Gasteiger charge is -2.08. The summed E-state index contributed by atoms with van der Waals surface area (Å²) in [4.78, 5) is 0. The largest absolute Gasteiger partial charge is 0.506 e. The van der Waals surface area contributed by atoms with Gasteiger partial charge < -0.3 is 5.11 Å². The lowest BCUT2D eigenvalue weighted by atomic mass is 10.2. The number of alkyl halides is 3. The maximum absolute atomic E-state index is 12.6. The lowest BCUT2D eigenvalue weighted by Crippen LogP contribution is -2.05. The van der Waals surface area contributed by atoms with Crippen LogP contribution in [0.1, 0.15) is 11.1 Å². The molecule has 0 aromatic heterocycles. The van der Waals surface area contributed by atoms with E-state index in [1.807, 2.05) is 0 Å². The average molecular weight is 349 g/mol. The fourth-order valence-electron chi connectivity index (χ4n) is 1.63. The second-order valence-electron chi connectivity index (χ2n) is 4.27. The molecule has 0 saturated heterocycles. The molecule has 2 aromatic rings. The SMILES string of the molecule is Oc1c(Cl)cc(Cl)cc1C=NNc1cccc(C(F)(F)F)c1. The second-order valence-corrected chi connectivity index (χ2v) is 5.12. The number of halogens is 5. The van der Waals surface area contributed by atoms with Gasteiger partial charge in [0.15, 0.2) is 0 Å². The fraction of sp³-hybridized carbons (Fsp3) is 0.0714. The van der Waals surface area contributed by atoms with Crippen molar-refractivity contribution in [3.8, 4) is 5.75 Å². The molecule has 0 bridgehead atoms. The monoisotopic (exact) mass is 348 g/mol. The summed E-state index contributed by atoms with van der Waals surface area (Å²) < 4.78 is 37.7. The van der Waals surface area contributed by atoms with Gasteiger partial charge >= 0.3 is 6.18 Å². The Labute approximate surface area is 134 Å². The average Bonchev–Trinajstić information content (AvgIpc) is 2.43. The van der Waals surface area contributed by atoms with Crippen molar-refractivity contribution in [3.63, 3.8) is 0 Å². The maximum atomic E-state index is 12.6. The molecule has 0 unspecified atom stereocenters. The Morgan fingerprint density at radius 3 is 2.55 bits per heavy atom. The van der Waals surface area contributed by atoms with Crippen molar-refractivity contribution in [1.82, 2.24) is 0 Å². The van der Waals surface area contributed by atoms with E-state index in [1.165, 1.54) is 30.5 Å². The molecule has 3 nitrogen and oxygen atoms in total. The van der Waals surface area contributed by atoms with Gasteiger partial charge in [-0.25, -0.2) is 0 Å². The van der Waals surface area contributed by atoms with Crippen LogP contribution in [0.25, 0.3) is 0 Å². The van der Waals surface area contributed by atoms with Gasteiger partial charge in [0.05, 0.1) is 22.5 Å². The third-order valence-electron chi connectivity index (χ3n) is 2.64. The predicted octanol–water partition coefficient (Wildman–Crippen LogP) is 5.16. The zero-order valence-electron chi connectivity index (χ0n) is 10.8. The Balaban J connectivity index is 2.17. The summed E-state index contributed by atoms with van der Waals surface area (Å²) in [6.07, 6.45) is -3.23. The third kappa shape index (κ3) is 4.05. The van der Waals surface area contributed by atoms with E-state index in [0.717, 1.165) is 12.1 Å². The van der Waals surface area contributed by atoms with Crippen LogP contribution in [-0.4, -0.2) is 11.3 Å². The van der Waals surface area contributed by atoms with Gasteiger partial charge in [0.25, 0.3) is 0 Å². The van der Waals surface area contributed by atoms with Gasteiger partial charge in [-0.3, -0.25) is 5.43 Å². The van der Waals surface area contributed by atoms with Crippen molar-refractivity contribution in [2.24, 2.45) is 5.10 Å². The Hall–Kier alpha value is -1.92. The molecule has 0 saturated carbocycles. The van der Waals surface area contributed by atoms with E-state index in [-0.39, 0.29) is 22.0 Å². The molecule has 0 heterocycles. The van der Waals surface area contributed by atoms with Crippen molar-refractivity contribution in [1.29, 1.82) is 0 Å². The highest BCUT2D eigenvalue weighted by molar-refractivity contribution is 6.36. The molecule has 2 rings (SSSR count). The van der Waals surface area contributed by atoms with Crippen LogP contribution in [0.3, 0.4) is 0 Å². The number of aromatic hydroxyl groups is 1. The number of rotatable bonds is 3. The molecule has 0 spiro atoms. The summed E-state index contributed by atoms with van der Waals surface area (Å²) in [6, 6.07) is 7.33. The molecule has 0 fully saturated rings. The molecule has 8 heteroatoms. The predicted molar refractivity (Wildman–Crippen MR) is 80.8 cm³/mol. The summed E-state index contributed by atoms with van der Waals surface area (Å²) in [5, 5.41) is 13.8. The number of nitrogens with one attached hydrogen (secondary N) is 1. The van der Waals surface area contributed by atoms with Crippen molar-refractivity contribution >= 4 is 35.1 Å². The van der Waals surface area contributed by atoms with Gasteiger partial charge in [-0.15, -0.1) is 0 Å². The first-order chi connectivity index (χ1) is 10.3. The quantitative estimate of drug-likeness (QED) is 0.594. The molecule has 0 radical (unpaired) electrons. The van der Waals surface area contributed by atoms with Crippen LogP contribution < -0.4 is 5.43 Å². The highest BCUT2D eigenvalue weighted by Crippen LogP contribution is 2.31. The van der Waals surface area contributed by atoms with Gasteiger partial charge in [-0.2, -0.15) is 18.3 Å². The van der Waals surface area contributed by atoms with E-state index in [4.69, 9.17) is 23.2 Å². The van der Waals surface area contributed by atoms with E-state index in [0.29, 0.717) is 5.02 Å². The number of phenols is 1. The number of phenolic OH excluding ortho intramolecular Hbond substituents is 1. The molecule has 2 aromatic carbocycles. The lowest BCUT2D eigenvalue weighted by molar-refractivity contribution is -0.137. The standard InChI is InChI=1S/C14H9Cl2F3N2O/c15-10-4-8(13(22)12(16)6-10)7-20-21-11-3-1-2-9(5-11)14(17,18)19/h1-7,21-22H. The van der Waals surface area contributed by atoms with Gasteiger partial charge in [0.2, 0.25) is 0 Å². The number of anilines is 1. The van der Waals surface area contributed by atoms with Crippen LogP contribution in [0, 0.1) is 0 Å². The van der Waals surface area contributed by atoms with E-state index in [2.05, 4.69) is 10.5 Å². The van der Waals surface area contributed by atoms with Crippen LogP contribution in [0.4, 0.5) is 18.9 Å². The van der Waals surface area contributed by atoms with Crippen LogP contribution in [0.5, 0.6) is 5.75 Å². The van der Waals surface area contributed by atoms with Crippen LogP contribution in [0.15, 0.2) is 41.5 Å². The first kappa shape index (κ1) is 16.5. The summed E-state index contributed by atoms with van der Waals surface area (Å²) >= 11 is 11.5. The molecule has 0 amide bonds. The topological polar surface area (TPSA) is 44.6 Å². The first-order valence-corrected chi connectivity index (χ1v) is 6.67. The number of benzene rings is 2. The minimum absolute atomic E-state index is 0.0491. The first-order valence-electron chi connectivity index (χ1n) is 5.92. The highest BCUT2D eigenvalue weighted by atomic mass is 35.5. The molecular formula is C14H9Cl2F3N2O. The summed E-state index contributed by atoms with van der Waals surface area (Å²) in [7, 11) is 0. The van der Waals surface area contributed by atoms with Gasteiger partial charge in [-0.05, 0) is 30.3 Å². The molecular weight excluding hydrogens is 340 g/mol. The number of hydrogen-bond acceptors (Lipinski definition) is 3. The Bertz CT molecular complexity index is 718. The molecule has 0 atom stereocenters. The summed E-state index contributed by atoms with van der Waals surface area (Å²) in [5.41, 5.74) is 2.04.